The van der Waals surface area contributed by atoms with Gasteiger partial charge in [0.15, 0.2) is 0 Å². The third-order valence-electron chi connectivity index (χ3n) is 13.9. The maximum Gasteiger partial charge on any atom is 0.297 e. The van der Waals surface area contributed by atoms with Crippen LogP contribution in [0.2, 0.25) is 0 Å². The van der Waals surface area contributed by atoms with Gasteiger partial charge >= 0.3 is 0 Å². The molecule has 4 heteroatoms. The number of hydrogen-bond acceptors (Lipinski definition) is 2. The minimum atomic E-state index is -0.142. The summed E-state index contributed by atoms with van der Waals surface area (Å²) in [6, 6.07) is 69.7. The van der Waals surface area contributed by atoms with E-state index in [0.29, 0.717) is 0 Å². The number of hydrogen-bond donors (Lipinski definition) is 0. The number of para-hydroxylation sites is 2. The molecule has 0 amide bonds. The Morgan fingerprint density at radius 2 is 0.883 bits per heavy atom. The smallest absolute Gasteiger partial charge is 0.297 e. The fraction of sp³-hybridized carbons (Fsp3) is 0. The Bertz CT molecular complexity index is 4050. The molecule has 13 aromatic rings. The standard InChI is InChI=1S/C56H31BN2O/c1-2-15-32(16-3-1)58-46-26-14-27-47-52(46)57(56-54(58)42-25-12-13-28-48(42)60-56)45-31-44-38-22-7-5-18-34(38)35-19-8-10-23-39(35)49(44)51-43-30-29-41-37-21-6-4-17-33(37)36-20-9-11-24-40(36)50(41)53(43)59(47)55(45)51/h1-31H. The molecule has 2 aliphatic rings. The van der Waals surface area contributed by atoms with Gasteiger partial charge in [-0.2, -0.15) is 0 Å². The molecule has 0 spiro atoms. The zero-order valence-corrected chi connectivity index (χ0v) is 32.3. The summed E-state index contributed by atoms with van der Waals surface area (Å²) in [5.41, 5.74) is 11.6. The largest absolute Gasteiger partial charge is 0.468 e. The van der Waals surface area contributed by atoms with Crippen LogP contribution in [0.15, 0.2) is 192 Å². The van der Waals surface area contributed by atoms with Crippen LogP contribution in [-0.2, 0) is 0 Å². The highest BCUT2D eigenvalue weighted by molar-refractivity contribution is 7.00. The average Bonchev–Trinajstić information content (AvgIpc) is 3.88. The van der Waals surface area contributed by atoms with Crippen LogP contribution >= 0.6 is 0 Å². The summed E-state index contributed by atoms with van der Waals surface area (Å²) in [7, 11) is 0. The van der Waals surface area contributed by atoms with Gasteiger partial charge in [0.2, 0.25) is 0 Å². The van der Waals surface area contributed by atoms with Crippen LogP contribution in [0.3, 0.4) is 0 Å². The summed E-state index contributed by atoms with van der Waals surface area (Å²) in [6.07, 6.45) is 0. The van der Waals surface area contributed by atoms with Gasteiger partial charge in [0.25, 0.3) is 6.71 Å². The Hall–Kier alpha value is -7.82. The number of fused-ring (bicyclic) bond motifs is 23. The molecule has 0 atom stereocenters. The number of furan rings is 1. The number of anilines is 3. The first-order valence-electron chi connectivity index (χ1n) is 20.9. The van der Waals surface area contributed by atoms with Gasteiger partial charge in [0, 0.05) is 44.0 Å². The lowest BCUT2D eigenvalue weighted by atomic mass is 9.36. The van der Waals surface area contributed by atoms with Crippen molar-refractivity contribution in [1.82, 2.24) is 4.57 Å². The molecular weight excluding hydrogens is 727 g/mol. The molecule has 3 nitrogen and oxygen atoms in total. The van der Waals surface area contributed by atoms with Gasteiger partial charge in [0.05, 0.1) is 22.4 Å². The quantitative estimate of drug-likeness (QED) is 0.123. The van der Waals surface area contributed by atoms with Gasteiger partial charge < -0.3 is 13.9 Å². The summed E-state index contributed by atoms with van der Waals surface area (Å²) < 4.78 is 9.86. The zero-order valence-electron chi connectivity index (χ0n) is 32.3. The van der Waals surface area contributed by atoms with Gasteiger partial charge in [-0.25, -0.2) is 0 Å². The van der Waals surface area contributed by atoms with Crippen LogP contribution in [0.5, 0.6) is 0 Å². The molecule has 11 aromatic carbocycles. The summed E-state index contributed by atoms with van der Waals surface area (Å²) in [5.74, 6) is 0. The van der Waals surface area contributed by atoms with Crippen molar-refractivity contribution < 1.29 is 4.42 Å². The van der Waals surface area contributed by atoms with E-state index in [0.717, 1.165) is 28.0 Å². The monoisotopic (exact) mass is 758 g/mol. The molecule has 0 N–H and O–H groups in total. The fourth-order valence-corrected chi connectivity index (χ4v) is 11.7. The van der Waals surface area contributed by atoms with Gasteiger partial charge in [-0.1, -0.05) is 152 Å². The van der Waals surface area contributed by atoms with E-state index in [1.54, 1.807) is 0 Å². The van der Waals surface area contributed by atoms with Gasteiger partial charge in [-0.15, -0.1) is 0 Å². The van der Waals surface area contributed by atoms with E-state index in [1.165, 1.54) is 109 Å². The summed E-state index contributed by atoms with van der Waals surface area (Å²) in [6.45, 7) is -0.142. The molecule has 0 saturated carbocycles. The second-order valence-electron chi connectivity index (χ2n) is 16.6. The van der Waals surface area contributed by atoms with Crippen molar-refractivity contribution >= 4 is 138 Å². The van der Waals surface area contributed by atoms with Crippen molar-refractivity contribution in [2.24, 2.45) is 0 Å². The Morgan fingerprint density at radius 1 is 0.367 bits per heavy atom. The summed E-state index contributed by atoms with van der Waals surface area (Å²) in [5, 5.41) is 19.1. The van der Waals surface area contributed by atoms with Crippen LogP contribution < -0.4 is 21.5 Å². The third kappa shape index (κ3) is 3.66. The van der Waals surface area contributed by atoms with Crippen LogP contribution in [0.1, 0.15) is 0 Å². The normalized spacial score (nSPS) is 13.3. The highest BCUT2D eigenvalue weighted by Crippen LogP contribution is 2.50. The Balaban J connectivity index is 1.25. The van der Waals surface area contributed by atoms with E-state index in [4.69, 9.17) is 4.42 Å². The number of rotatable bonds is 1. The SMILES string of the molecule is c1ccc(N2c3cccc4c3B(c3oc5ccccc5c32)c2cc3c5ccccc5c5ccccc5c3c3c5ccc6c7ccccc7c7ccccc7c6c5n-4c23)cc1. The summed E-state index contributed by atoms with van der Waals surface area (Å²) >= 11 is 0. The lowest BCUT2D eigenvalue weighted by Crippen LogP contribution is -2.60. The van der Waals surface area contributed by atoms with E-state index in [2.05, 4.69) is 198 Å². The van der Waals surface area contributed by atoms with Crippen LogP contribution in [-0.4, -0.2) is 11.3 Å². The maximum absolute atomic E-state index is 7.21. The van der Waals surface area contributed by atoms with E-state index >= 15 is 0 Å². The Labute approximate surface area is 344 Å². The minimum Gasteiger partial charge on any atom is -0.468 e. The topological polar surface area (TPSA) is 21.3 Å². The average molecular weight is 759 g/mol. The zero-order chi connectivity index (χ0) is 38.8. The predicted molar refractivity (Wildman–Crippen MR) is 255 cm³/mol. The molecule has 0 bridgehead atoms. The van der Waals surface area contributed by atoms with Gasteiger partial charge in [-0.3, -0.25) is 0 Å². The molecule has 0 fully saturated rings. The summed E-state index contributed by atoms with van der Waals surface area (Å²) in [4.78, 5) is 2.45. The first-order valence-corrected chi connectivity index (χ1v) is 20.9. The molecule has 0 saturated heterocycles. The second-order valence-corrected chi connectivity index (χ2v) is 16.6. The van der Waals surface area contributed by atoms with Gasteiger partial charge in [0.1, 0.15) is 5.58 Å². The third-order valence-corrected chi connectivity index (χ3v) is 13.9. The molecular formula is C56H31BN2O. The van der Waals surface area contributed by atoms with Crippen LogP contribution in [0, 0.1) is 0 Å². The molecule has 2 aliphatic heterocycles. The number of aromatic nitrogens is 1. The lowest BCUT2D eigenvalue weighted by molar-refractivity contribution is 0.651. The fourth-order valence-electron chi connectivity index (χ4n) is 11.7. The van der Waals surface area contributed by atoms with Crippen LogP contribution in [0.4, 0.5) is 17.1 Å². The molecule has 60 heavy (non-hydrogen) atoms. The highest BCUT2D eigenvalue weighted by atomic mass is 16.3. The first kappa shape index (κ1) is 31.2. The predicted octanol–water partition coefficient (Wildman–Crippen LogP) is 13.1. The molecule has 0 aliphatic carbocycles. The van der Waals surface area contributed by atoms with E-state index < -0.39 is 0 Å². The minimum absolute atomic E-state index is 0.142. The van der Waals surface area contributed by atoms with Gasteiger partial charge in [-0.05, 0) is 101 Å². The molecule has 2 aromatic heterocycles. The van der Waals surface area contributed by atoms with Crippen molar-refractivity contribution in [3.05, 3.63) is 188 Å². The second kappa shape index (κ2) is 11.0. The number of benzene rings is 11. The van der Waals surface area contributed by atoms with Crippen molar-refractivity contribution in [3.8, 4) is 5.69 Å². The van der Waals surface area contributed by atoms with Crippen molar-refractivity contribution in [2.75, 3.05) is 4.90 Å². The molecule has 0 unspecified atom stereocenters. The molecule has 274 valence electrons. The molecule has 0 radical (unpaired) electrons. The number of nitrogens with zero attached hydrogens (tertiary/aromatic N) is 2. The van der Waals surface area contributed by atoms with Crippen LogP contribution in [0.25, 0.3) is 103 Å². The Morgan fingerprint density at radius 3 is 1.57 bits per heavy atom. The van der Waals surface area contributed by atoms with E-state index in [-0.39, 0.29) is 6.71 Å². The highest BCUT2D eigenvalue weighted by Gasteiger charge is 2.46. The van der Waals surface area contributed by atoms with E-state index in [9.17, 15) is 0 Å². The van der Waals surface area contributed by atoms with E-state index in [1.807, 2.05) is 0 Å². The van der Waals surface area contributed by atoms with Crippen molar-refractivity contribution in [2.45, 2.75) is 0 Å². The maximum atomic E-state index is 7.21. The molecule has 15 rings (SSSR count). The first-order chi connectivity index (χ1) is 29.8. The Kier molecular flexibility index (Phi) is 5.73. The van der Waals surface area contributed by atoms with Crippen molar-refractivity contribution in [3.63, 3.8) is 0 Å². The molecule has 4 heterocycles. The lowest BCUT2D eigenvalue weighted by Gasteiger charge is -2.38. The van der Waals surface area contributed by atoms with Crippen molar-refractivity contribution in [1.29, 1.82) is 0 Å².